The molecule has 1 aromatic carbocycles. The van der Waals surface area contributed by atoms with Gasteiger partial charge in [0.1, 0.15) is 18.2 Å². The Bertz CT molecular complexity index is 1060. The van der Waals surface area contributed by atoms with Crippen molar-refractivity contribution >= 4 is 17.6 Å². The van der Waals surface area contributed by atoms with Gasteiger partial charge in [-0.1, -0.05) is 0 Å². The van der Waals surface area contributed by atoms with E-state index < -0.39 is 0 Å². The zero-order valence-corrected chi connectivity index (χ0v) is 19.0. The Balaban J connectivity index is 1.44. The minimum Gasteiger partial charge on any atom is -0.455 e. The van der Waals surface area contributed by atoms with Crippen LogP contribution in [-0.2, 0) is 16.0 Å². The molecule has 0 unspecified atom stereocenters. The molecule has 3 heterocycles. The molecule has 32 heavy (non-hydrogen) atoms. The van der Waals surface area contributed by atoms with Gasteiger partial charge in [-0.25, -0.2) is 0 Å². The number of benzene rings is 1. The molecule has 1 aliphatic heterocycles. The number of hydrogen-bond donors (Lipinski definition) is 0. The summed E-state index contributed by atoms with van der Waals surface area (Å²) in [6.07, 6.45) is 5.79. The van der Waals surface area contributed by atoms with Crippen LogP contribution in [0.1, 0.15) is 23.9 Å². The van der Waals surface area contributed by atoms with Gasteiger partial charge >= 0.3 is 0 Å². The summed E-state index contributed by atoms with van der Waals surface area (Å²) in [6.45, 7) is 9.97. The van der Waals surface area contributed by atoms with Crippen molar-refractivity contribution in [1.82, 2.24) is 9.55 Å². The number of ether oxygens (including phenoxy) is 3. The molecule has 0 atom stereocenters. The highest BCUT2D eigenvalue weighted by atomic mass is 16.5. The molecule has 7 heteroatoms. The molecule has 168 valence electrons. The number of fused-ring (bicyclic) bond motifs is 1. The maximum absolute atomic E-state index is 6.02. The third-order valence-electron chi connectivity index (χ3n) is 5.35. The molecule has 0 N–H and O–H groups in total. The van der Waals surface area contributed by atoms with Crippen LogP contribution in [0.5, 0.6) is 11.5 Å². The fourth-order valence-corrected chi connectivity index (χ4v) is 3.63. The predicted molar refractivity (Wildman–Crippen MR) is 127 cm³/mol. The summed E-state index contributed by atoms with van der Waals surface area (Å²) in [7, 11) is 0. The number of anilines is 2. The van der Waals surface area contributed by atoms with Crippen molar-refractivity contribution in [3.05, 3.63) is 65.7 Å². The van der Waals surface area contributed by atoms with Crippen molar-refractivity contribution < 1.29 is 14.2 Å². The monoisotopic (exact) mass is 434 g/mol. The molecule has 0 spiro atoms. The second-order valence-corrected chi connectivity index (χ2v) is 7.66. The van der Waals surface area contributed by atoms with E-state index in [1.807, 2.05) is 38.3 Å². The van der Waals surface area contributed by atoms with E-state index >= 15 is 0 Å². The van der Waals surface area contributed by atoms with Crippen LogP contribution in [0.3, 0.4) is 0 Å². The van der Waals surface area contributed by atoms with Gasteiger partial charge in [-0.15, -0.1) is 0 Å². The number of pyridine rings is 1. The summed E-state index contributed by atoms with van der Waals surface area (Å²) in [5, 5.41) is 0. The normalized spacial score (nSPS) is 12.8. The fraction of sp³-hybridized carbons (Fsp3) is 0.360. The van der Waals surface area contributed by atoms with Crippen LogP contribution in [0.4, 0.5) is 11.4 Å². The molecule has 0 amide bonds. The van der Waals surface area contributed by atoms with Crippen LogP contribution < -0.4 is 9.64 Å². The summed E-state index contributed by atoms with van der Waals surface area (Å²) in [6, 6.07) is 12.2. The van der Waals surface area contributed by atoms with Gasteiger partial charge in [0, 0.05) is 36.9 Å². The average molecular weight is 435 g/mol. The minimum absolute atomic E-state index is 0.587. The van der Waals surface area contributed by atoms with E-state index in [0.29, 0.717) is 26.5 Å². The van der Waals surface area contributed by atoms with Gasteiger partial charge in [0.05, 0.1) is 37.4 Å². The zero-order chi connectivity index (χ0) is 22.3. The molecule has 3 aromatic rings. The van der Waals surface area contributed by atoms with Crippen LogP contribution in [-0.4, -0.2) is 48.9 Å². The largest absolute Gasteiger partial charge is 0.455 e. The number of aromatic nitrogens is 2. The van der Waals surface area contributed by atoms with Crippen LogP contribution in [0.2, 0.25) is 0 Å². The Morgan fingerprint density at radius 2 is 1.88 bits per heavy atom. The fourth-order valence-electron chi connectivity index (χ4n) is 3.63. The highest BCUT2D eigenvalue weighted by molar-refractivity contribution is 5.90. The lowest BCUT2D eigenvalue weighted by Gasteiger charge is -2.26. The summed E-state index contributed by atoms with van der Waals surface area (Å²) < 4.78 is 19.2. The third kappa shape index (κ3) is 5.18. The van der Waals surface area contributed by atoms with E-state index in [1.165, 1.54) is 0 Å². The maximum Gasteiger partial charge on any atom is 0.145 e. The topological polar surface area (TPSA) is 61.1 Å². The van der Waals surface area contributed by atoms with Crippen LogP contribution >= 0.6 is 0 Å². The second-order valence-electron chi connectivity index (χ2n) is 7.66. The lowest BCUT2D eigenvalue weighted by Crippen LogP contribution is -2.23. The van der Waals surface area contributed by atoms with E-state index in [4.69, 9.17) is 14.2 Å². The van der Waals surface area contributed by atoms with Gasteiger partial charge in [0.2, 0.25) is 0 Å². The van der Waals surface area contributed by atoms with Gasteiger partial charge in [0.25, 0.3) is 0 Å². The van der Waals surface area contributed by atoms with Crippen molar-refractivity contribution in [3.63, 3.8) is 0 Å². The molecule has 0 bridgehead atoms. The van der Waals surface area contributed by atoms with Crippen molar-refractivity contribution in [2.75, 3.05) is 38.0 Å². The molecule has 7 nitrogen and oxygen atoms in total. The van der Waals surface area contributed by atoms with Crippen LogP contribution in [0.15, 0.2) is 53.8 Å². The molecule has 1 aliphatic rings. The Morgan fingerprint density at radius 3 is 2.66 bits per heavy atom. The van der Waals surface area contributed by atoms with E-state index in [1.54, 1.807) is 6.20 Å². The molecule has 0 radical (unpaired) electrons. The van der Waals surface area contributed by atoms with Crippen molar-refractivity contribution in [1.29, 1.82) is 0 Å². The lowest BCUT2D eigenvalue weighted by molar-refractivity contribution is 0.0497. The predicted octanol–water partition coefficient (Wildman–Crippen LogP) is 4.87. The van der Waals surface area contributed by atoms with Crippen LogP contribution in [0, 0.1) is 13.8 Å². The number of nitrogens with zero attached hydrogens (tertiary/aromatic N) is 4. The van der Waals surface area contributed by atoms with Crippen LogP contribution in [0.25, 0.3) is 0 Å². The lowest BCUT2D eigenvalue weighted by atomic mass is 10.1. The van der Waals surface area contributed by atoms with Gasteiger partial charge in [-0.3, -0.25) is 9.98 Å². The van der Waals surface area contributed by atoms with E-state index in [2.05, 4.69) is 50.8 Å². The highest BCUT2D eigenvalue weighted by Gasteiger charge is 2.20. The van der Waals surface area contributed by atoms with Gasteiger partial charge in [-0.05, 0) is 62.7 Å². The van der Waals surface area contributed by atoms with Crippen molar-refractivity contribution in [2.45, 2.75) is 27.3 Å². The minimum atomic E-state index is 0.587. The first-order valence-corrected chi connectivity index (χ1v) is 11.0. The molecular formula is C25H30N4O3. The van der Waals surface area contributed by atoms with Gasteiger partial charge in [-0.2, -0.15) is 0 Å². The molecule has 0 saturated heterocycles. The Kier molecular flexibility index (Phi) is 7.19. The summed E-state index contributed by atoms with van der Waals surface area (Å²) in [4.78, 5) is 11.1. The van der Waals surface area contributed by atoms with Gasteiger partial charge < -0.3 is 23.7 Å². The molecular weight excluding hydrogens is 404 g/mol. The third-order valence-corrected chi connectivity index (χ3v) is 5.35. The molecule has 2 aromatic heterocycles. The van der Waals surface area contributed by atoms with Crippen molar-refractivity contribution in [2.24, 2.45) is 4.99 Å². The maximum atomic E-state index is 6.02. The van der Waals surface area contributed by atoms with E-state index in [0.717, 1.165) is 53.0 Å². The number of aryl methyl sites for hydroxylation is 2. The van der Waals surface area contributed by atoms with E-state index in [9.17, 15) is 0 Å². The Morgan fingerprint density at radius 1 is 1.00 bits per heavy atom. The first-order valence-electron chi connectivity index (χ1n) is 11.0. The average Bonchev–Trinajstić information content (AvgIpc) is 3.22. The first-order chi connectivity index (χ1) is 15.7. The Labute approximate surface area is 189 Å². The standard InChI is InChI=1S/C25H30N4O3/c1-4-30-13-14-31-12-11-28-10-9-23-24(28)17-26-18-29(23)21-6-8-25(19(2)15-21)32-22-7-5-20(3)27-16-22/h5-10,15-17H,4,11-14,18H2,1-3H3. The quantitative estimate of drug-likeness (QED) is 0.426. The van der Waals surface area contributed by atoms with E-state index in [-0.39, 0.29) is 0 Å². The number of hydrogen-bond acceptors (Lipinski definition) is 6. The number of rotatable bonds is 10. The zero-order valence-electron chi connectivity index (χ0n) is 19.0. The second kappa shape index (κ2) is 10.4. The van der Waals surface area contributed by atoms with Crippen molar-refractivity contribution in [3.8, 4) is 11.5 Å². The first kappa shape index (κ1) is 22.0. The molecule has 0 aliphatic carbocycles. The van der Waals surface area contributed by atoms with Gasteiger partial charge in [0.15, 0.2) is 0 Å². The highest BCUT2D eigenvalue weighted by Crippen LogP contribution is 2.34. The summed E-state index contributed by atoms with van der Waals surface area (Å²) in [5.41, 5.74) is 5.34. The molecule has 0 fully saturated rings. The number of aliphatic imine (C=N–C) groups is 1. The molecule has 0 saturated carbocycles. The summed E-state index contributed by atoms with van der Waals surface area (Å²) in [5.74, 6) is 1.55. The smallest absolute Gasteiger partial charge is 0.145 e. The summed E-state index contributed by atoms with van der Waals surface area (Å²) >= 11 is 0. The SMILES string of the molecule is CCOCCOCCn1ccc2c1C=NCN2c1ccc(Oc2ccc(C)nc2)c(C)c1. The molecule has 4 rings (SSSR count). The Hall–Kier alpha value is -3.16.